The summed E-state index contributed by atoms with van der Waals surface area (Å²) in [4.78, 5) is 50.4. The summed E-state index contributed by atoms with van der Waals surface area (Å²) >= 11 is 0. The van der Waals surface area contributed by atoms with Gasteiger partial charge in [0.2, 0.25) is 17.7 Å². The third-order valence-electron chi connectivity index (χ3n) is 5.89. The number of rotatable bonds is 5. The minimum absolute atomic E-state index is 0.183. The molecule has 0 bridgehead atoms. The second-order valence-corrected chi connectivity index (χ2v) is 8.07. The number of carbonyl (C=O) groups is 4. The van der Waals surface area contributed by atoms with Gasteiger partial charge >= 0.3 is 0 Å². The molecule has 2 N–H and O–H groups in total. The predicted octanol–water partition coefficient (Wildman–Crippen LogP) is 2.77. The van der Waals surface area contributed by atoms with Crippen LogP contribution in [0.4, 0.5) is 5.69 Å². The first kappa shape index (κ1) is 20.0. The molecule has 3 heterocycles. The van der Waals surface area contributed by atoms with Crippen LogP contribution in [-0.4, -0.2) is 34.6 Å². The lowest BCUT2D eigenvalue weighted by Gasteiger charge is -2.29. The van der Waals surface area contributed by atoms with Crippen LogP contribution in [0, 0.1) is 0 Å². The van der Waals surface area contributed by atoms with Gasteiger partial charge in [0, 0.05) is 42.4 Å². The van der Waals surface area contributed by atoms with E-state index in [4.69, 9.17) is 4.42 Å². The average Bonchev–Trinajstić information content (AvgIpc) is 3.33. The number of benzene rings is 2. The van der Waals surface area contributed by atoms with E-state index in [1.54, 1.807) is 18.2 Å². The summed E-state index contributed by atoms with van der Waals surface area (Å²) < 4.78 is 5.74. The third kappa shape index (κ3) is 3.75. The summed E-state index contributed by atoms with van der Waals surface area (Å²) in [6.07, 6.45) is 1.24. The number of para-hydroxylation sites is 1. The van der Waals surface area contributed by atoms with Crippen LogP contribution < -0.4 is 10.6 Å². The molecule has 1 unspecified atom stereocenters. The maximum absolute atomic E-state index is 12.9. The first-order chi connectivity index (χ1) is 15.5. The smallest absolute Gasteiger partial charge is 0.255 e. The van der Waals surface area contributed by atoms with Gasteiger partial charge in [-0.3, -0.25) is 24.5 Å². The van der Waals surface area contributed by atoms with Crippen LogP contribution in [0.25, 0.3) is 11.0 Å². The van der Waals surface area contributed by atoms with E-state index in [2.05, 4.69) is 10.6 Å². The normalized spacial score (nSPS) is 18.1. The molecule has 3 aromatic rings. The number of hydrogen-bond donors (Lipinski definition) is 2. The molecule has 2 aromatic carbocycles. The maximum Gasteiger partial charge on any atom is 0.255 e. The summed E-state index contributed by atoms with van der Waals surface area (Å²) in [5.74, 6) is -0.472. The van der Waals surface area contributed by atoms with Gasteiger partial charge in [0.05, 0.1) is 0 Å². The van der Waals surface area contributed by atoms with Crippen molar-refractivity contribution in [3.05, 3.63) is 65.4 Å². The topological polar surface area (TPSA) is 109 Å². The lowest BCUT2D eigenvalue weighted by atomic mass is 10.0. The van der Waals surface area contributed by atoms with Crippen LogP contribution in [0.3, 0.4) is 0 Å². The summed E-state index contributed by atoms with van der Waals surface area (Å²) in [6, 6.07) is 14.1. The Morgan fingerprint density at radius 1 is 1.12 bits per heavy atom. The van der Waals surface area contributed by atoms with Gasteiger partial charge in [-0.1, -0.05) is 24.3 Å². The molecule has 32 heavy (non-hydrogen) atoms. The maximum atomic E-state index is 12.9. The van der Waals surface area contributed by atoms with Crippen molar-refractivity contribution >= 4 is 40.3 Å². The second kappa shape index (κ2) is 7.96. The zero-order chi connectivity index (χ0) is 22.2. The van der Waals surface area contributed by atoms with Crippen LogP contribution in [0.1, 0.15) is 40.9 Å². The van der Waals surface area contributed by atoms with Crippen LogP contribution in [0.2, 0.25) is 0 Å². The average molecular weight is 431 g/mol. The van der Waals surface area contributed by atoms with Gasteiger partial charge in [-0.05, 0) is 36.2 Å². The van der Waals surface area contributed by atoms with Crippen molar-refractivity contribution in [2.24, 2.45) is 0 Å². The standard InChI is InChI=1S/C24H21N3O5/c28-21(9-7-17-11-14-3-1-2-4-20(14)32-17)25-16-6-5-15-13-27(24(31)18(15)12-16)19-8-10-22(29)26-23(19)30/h1-6,11-12,19H,7-10,13H2,(H,25,28)(H,26,29,30). The van der Waals surface area contributed by atoms with Crippen molar-refractivity contribution in [3.63, 3.8) is 0 Å². The quantitative estimate of drug-likeness (QED) is 0.604. The molecule has 1 atom stereocenters. The Morgan fingerprint density at radius 3 is 2.78 bits per heavy atom. The number of furan rings is 1. The van der Waals surface area contributed by atoms with Gasteiger partial charge in [-0.2, -0.15) is 0 Å². The molecule has 5 rings (SSSR count). The molecule has 0 aliphatic carbocycles. The Labute approximate surface area is 183 Å². The van der Waals surface area contributed by atoms with Crippen molar-refractivity contribution < 1.29 is 23.6 Å². The molecule has 0 spiro atoms. The van der Waals surface area contributed by atoms with Gasteiger partial charge in [0.1, 0.15) is 17.4 Å². The number of hydrogen-bond acceptors (Lipinski definition) is 5. The number of anilines is 1. The fourth-order valence-electron chi connectivity index (χ4n) is 4.25. The molecular weight excluding hydrogens is 410 g/mol. The van der Waals surface area contributed by atoms with Gasteiger partial charge < -0.3 is 14.6 Å². The molecular formula is C24H21N3O5. The SMILES string of the molecule is O=C1CCC(N2Cc3ccc(NC(=O)CCc4cc5ccccc5o4)cc3C2=O)C(=O)N1. The number of piperidine rings is 1. The van der Waals surface area contributed by atoms with Gasteiger partial charge in [0.25, 0.3) is 5.91 Å². The number of nitrogens with one attached hydrogen (secondary N) is 2. The van der Waals surface area contributed by atoms with Gasteiger partial charge in [-0.15, -0.1) is 0 Å². The highest BCUT2D eigenvalue weighted by Crippen LogP contribution is 2.29. The highest BCUT2D eigenvalue weighted by molar-refractivity contribution is 6.06. The Balaban J connectivity index is 1.22. The van der Waals surface area contributed by atoms with E-state index in [0.717, 1.165) is 22.3 Å². The second-order valence-electron chi connectivity index (χ2n) is 8.07. The van der Waals surface area contributed by atoms with E-state index in [1.807, 2.05) is 30.3 Å². The number of amides is 4. The molecule has 162 valence electrons. The minimum atomic E-state index is -0.658. The Hall–Kier alpha value is -3.94. The first-order valence-electron chi connectivity index (χ1n) is 10.5. The molecule has 1 fully saturated rings. The summed E-state index contributed by atoms with van der Waals surface area (Å²) in [6.45, 7) is 0.306. The third-order valence-corrected chi connectivity index (χ3v) is 5.89. The predicted molar refractivity (Wildman–Crippen MR) is 116 cm³/mol. The van der Waals surface area contributed by atoms with Crippen molar-refractivity contribution in [1.29, 1.82) is 0 Å². The molecule has 2 aliphatic heterocycles. The summed E-state index contributed by atoms with van der Waals surface area (Å²) in [7, 11) is 0. The molecule has 2 aliphatic rings. The molecule has 0 saturated carbocycles. The Bertz CT molecular complexity index is 1230. The van der Waals surface area contributed by atoms with Crippen LogP contribution in [0.5, 0.6) is 0 Å². The van der Waals surface area contributed by atoms with Crippen LogP contribution >= 0.6 is 0 Å². The summed E-state index contributed by atoms with van der Waals surface area (Å²) in [5, 5.41) is 6.12. The molecule has 0 radical (unpaired) electrons. The minimum Gasteiger partial charge on any atom is -0.461 e. The molecule has 1 saturated heterocycles. The lowest BCUT2D eigenvalue weighted by Crippen LogP contribution is -2.52. The number of nitrogens with zero attached hydrogens (tertiary/aromatic N) is 1. The van der Waals surface area contributed by atoms with Gasteiger partial charge in [0.15, 0.2) is 0 Å². The van der Waals surface area contributed by atoms with Crippen molar-refractivity contribution in [2.45, 2.75) is 38.3 Å². The highest BCUT2D eigenvalue weighted by Gasteiger charge is 2.39. The van der Waals surface area contributed by atoms with Crippen molar-refractivity contribution in [2.75, 3.05) is 5.32 Å². The lowest BCUT2D eigenvalue weighted by molar-refractivity contribution is -0.137. The van der Waals surface area contributed by atoms with Crippen LogP contribution in [0.15, 0.2) is 52.9 Å². The van der Waals surface area contributed by atoms with E-state index in [1.165, 1.54) is 4.90 Å². The Kier molecular flexibility index (Phi) is 4.97. The number of fused-ring (bicyclic) bond motifs is 2. The van der Waals surface area contributed by atoms with Crippen LogP contribution in [-0.2, 0) is 27.3 Å². The number of aryl methyl sites for hydroxylation is 1. The van der Waals surface area contributed by atoms with Gasteiger partial charge in [-0.25, -0.2) is 0 Å². The van der Waals surface area contributed by atoms with E-state index >= 15 is 0 Å². The van der Waals surface area contributed by atoms with Crippen molar-refractivity contribution in [3.8, 4) is 0 Å². The van der Waals surface area contributed by atoms with E-state index in [9.17, 15) is 19.2 Å². The Morgan fingerprint density at radius 2 is 1.97 bits per heavy atom. The first-order valence-corrected chi connectivity index (χ1v) is 10.5. The van der Waals surface area contributed by atoms with E-state index < -0.39 is 11.9 Å². The largest absolute Gasteiger partial charge is 0.461 e. The van der Waals surface area contributed by atoms with E-state index in [-0.39, 0.29) is 30.6 Å². The fraction of sp³-hybridized carbons (Fsp3) is 0.250. The summed E-state index contributed by atoms with van der Waals surface area (Å²) in [5.41, 5.74) is 2.57. The zero-order valence-electron chi connectivity index (χ0n) is 17.2. The number of imide groups is 1. The monoisotopic (exact) mass is 431 g/mol. The van der Waals surface area contributed by atoms with E-state index in [0.29, 0.717) is 30.6 Å². The highest BCUT2D eigenvalue weighted by atomic mass is 16.3. The molecule has 4 amide bonds. The van der Waals surface area contributed by atoms with Crippen molar-refractivity contribution in [1.82, 2.24) is 10.2 Å². The zero-order valence-corrected chi connectivity index (χ0v) is 17.2. The number of carbonyl (C=O) groups excluding carboxylic acids is 4. The molecule has 8 heteroatoms. The molecule has 1 aromatic heterocycles. The molecule has 8 nitrogen and oxygen atoms in total. The fourth-order valence-corrected chi connectivity index (χ4v) is 4.25.